The predicted octanol–water partition coefficient (Wildman–Crippen LogP) is 3.37. The molecule has 2 aromatic rings. The van der Waals surface area contributed by atoms with Crippen LogP contribution in [0, 0.1) is 5.92 Å². The summed E-state index contributed by atoms with van der Waals surface area (Å²) in [5.41, 5.74) is 3.32. The van der Waals surface area contributed by atoms with E-state index in [1.165, 1.54) is 0 Å². The van der Waals surface area contributed by atoms with Gasteiger partial charge in [-0.25, -0.2) is 0 Å². The third-order valence-corrected chi connectivity index (χ3v) is 5.21. The van der Waals surface area contributed by atoms with Crippen molar-refractivity contribution < 1.29 is 14.4 Å². The van der Waals surface area contributed by atoms with Crippen LogP contribution < -0.4 is 10.6 Å². The predicted molar refractivity (Wildman–Crippen MR) is 117 cm³/mol. The zero-order valence-corrected chi connectivity index (χ0v) is 17.8. The maximum atomic E-state index is 13.1. The Morgan fingerprint density at radius 2 is 1.70 bits per heavy atom. The standard InChI is InChI=1S/C24H29N3O3/c1-4-25-23(29)17-9-11-20(12-10-17)26-24(30)21-14-18-7-5-6-8-19(18)15-27(21)22(28)13-16(2)3/h5-12,16,21H,4,13-15H2,1-3H3,(H,25,29)(H,26,30). The lowest BCUT2D eigenvalue weighted by molar-refractivity contribution is -0.140. The van der Waals surface area contributed by atoms with Crippen LogP contribution in [-0.2, 0) is 22.6 Å². The number of rotatable bonds is 6. The van der Waals surface area contributed by atoms with E-state index in [4.69, 9.17) is 0 Å². The molecule has 30 heavy (non-hydrogen) atoms. The molecule has 0 aliphatic carbocycles. The van der Waals surface area contributed by atoms with Crippen LogP contribution in [-0.4, -0.2) is 35.2 Å². The summed E-state index contributed by atoms with van der Waals surface area (Å²) in [6.45, 7) is 6.86. The Hall–Kier alpha value is -3.15. The Bertz CT molecular complexity index is 922. The van der Waals surface area contributed by atoms with Crippen molar-refractivity contribution in [2.45, 2.75) is 46.2 Å². The van der Waals surface area contributed by atoms with Gasteiger partial charge in [0.25, 0.3) is 5.91 Å². The number of carbonyl (C=O) groups excluding carboxylic acids is 3. The first kappa shape index (κ1) is 21.6. The molecule has 3 amide bonds. The summed E-state index contributed by atoms with van der Waals surface area (Å²) < 4.78 is 0. The highest BCUT2D eigenvalue weighted by atomic mass is 16.2. The van der Waals surface area contributed by atoms with Gasteiger partial charge in [0.05, 0.1) is 0 Å². The molecule has 0 saturated heterocycles. The number of benzene rings is 2. The molecular weight excluding hydrogens is 378 g/mol. The normalized spacial score (nSPS) is 15.5. The number of fused-ring (bicyclic) bond motifs is 1. The van der Waals surface area contributed by atoms with E-state index in [1.54, 1.807) is 29.2 Å². The van der Waals surface area contributed by atoms with Crippen molar-refractivity contribution in [3.63, 3.8) is 0 Å². The largest absolute Gasteiger partial charge is 0.352 e. The lowest BCUT2D eigenvalue weighted by Crippen LogP contribution is -2.50. The van der Waals surface area contributed by atoms with E-state index in [2.05, 4.69) is 10.6 Å². The minimum Gasteiger partial charge on any atom is -0.352 e. The van der Waals surface area contributed by atoms with Crippen LogP contribution >= 0.6 is 0 Å². The molecule has 0 aromatic heterocycles. The third-order valence-electron chi connectivity index (χ3n) is 5.21. The summed E-state index contributed by atoms with van der Waals surface area (Å²) in [4.78, 5) is 39.6. The quantitative estimate of drug-likeness (QED) is 0.771. The number of amides is 3. The smallest absolute Gasteiger partial charge is 0.251 e. The Morgan fingerprint density at radius 1 is 1.03 bits per heavy atom. The molecule has 1 aliphatic heterocycles. The van der Waals surface area contributed by atoms with Crippen LogP contribution in [0.1, 0.15) is 48.7 Å². The number of nitrogens with one attached hydrogen (secondary N) is 2. The molecule has 1 aliphatic rings. The summed E-state index contributed by atoms with van der Waals surface area (Å²) in [5, 5.41) is 5.66. The van der Waals surface area contributed by atoms with Crippen molar-refractivity contribution in [1.82, 2.24) is 10.2 Å². The molecule has 0 bridgehead atoms. The number of anilines is 1. The molecule has 0 radical (unpaired) electrons. The second kappa shape index (κ2) is 9.57. The van der Waals surface area contributed by atoms with E-state index >= 15 is 0 Å². The van der Waals surface area contributed by atoms with Crippen LogP contribution in [0.3, 0.4) is 0 Å². The van der Waals surface area contributed by atoms with Crippen molar-refractivity contribution in [1.29, 1.82) is 0 Å². The SMILES string of the molecule is CCNC(=O)c1ccc(NC(=O)C2Cc3ccccc3CN2C(=O)CC(C)C)cc1. The molecule has 2 N–H and O–H groups in total. The van der Waals surface area contributed by atoms with Crippen LogP contribution in [0.5, 0.6) is 0 Å². The second-order valence-electron chi connectivity index (χ2n) is 8.03. The van der Waals surface area contributed by atoms with E-state index in [1.807, 2.05) is 45.0 Å². The highest BCUT2D eigenvalue weighted by Gasteiger charge is 2.34. The molecule has 158 valence electrons. The molecule has 1 atom stereocenters. The molecule has 2 aromatic carbocycles. The number of hydrogen-bond donors (Lipinski definition) is 2. The minimum atomic E-state index is -0.561. The summed E-state index contributed by atoms with van der Waals surface area (Å²) in [6.07, 6.45) is 0.899. The van der Waals surface area contributed by atoms with Gasteiger partial charge in [-0.05, 0) is 48.2 Å². The van der Waals surface area contributed by atoms with Crippen LogP contribution in [0.15, 0.2) is 48.5 Å². The number of carbonyl (C=O) groups is 3. The fourth-order valence-electron chi connectivity index (χ4n) is 3.68. The topological polar surface area (TPSA) is 78.5 Å². The van der Waals surface area contributed by atoms with Gasteiger partial charge in [0.2, 0.25) is 11.8 Å². The minimum absolute atomic E-state index is 0.00811. The van der Waals surface area contributed by atoms with Crippen LogP contribution in [0.25, 0.3) is 0 Å². The molecule has 0 spiro atoms. The Morgan fingerprint density at radius 3 is 2.33 bits per heavy atom. The first-order chi connectivity index (χ1) is 14.4. The first-order valence-electron chi connectivity index (χ1n) is 10.4. The summed E-state index contributed by atoms with van der Waals surface area (Å²) in [5.74, 6) is -0.150. The van der Waals surface area contributed by atoms with Gasteiger partial charge in [0.15, 0.2) is 0 Å². The van der Waals surface area contributed by atoms with Gasteiger partial charge in [-0.2, -0.15) is 0 Å². The summed E-state index contributed by atoms with van der Waals surface area (Å²) in [7, 11) is 0. The van der Waals surface area contributed by atoms with E-state index in [0.717, 1.165) is 11.1 Å². The van der Waals surface area contributed by atoms with Gasteiger partial charge in [-0.15, -0.1) is 0 Å². The summed E-state index contributed by atoms with van der Waals surface area (Å²) >= 11 is 0. The van der Waals surface area contributed by atoms with Gasteiger partial charge >= 0.3 is 0 Å². The summed E-state index contributed by atoms with van der Waals surface area (Å²) in [6, 6.07) is 14.2. The van der Waals surface area contributed by atoms with Gasteiger partial charge < -0.3 is 15.5 Å². The third kappa shape index (κ3) is 5.06. The fraction of sp³-hybridized carbons (Fsp3) is 0.375. The molecule has 0 fully saturated rings. The molecule has 3 rings (SSSR count). The van der Waals surface area contributed by atoms with E-state index in [0.29, 0.717) is 37.2 Å². The molecular formula is C24H29N3O3. The number of hydrogen-bond acceptors (Lipinski definition) is 3. The van der Waals surface area contributed by atoms with Crippen molar-refractivity contribution in [2.75, 3.05) is 11.9 Å². The second-order valence-corrected chi connectivity index (χ2v) is 8.03. The highest BCUT2D eigenvalue weighted by Crippen LogP contribution is 2.26. The average Bonchev–Trinajstić information content (AvgIpc) is 2.73. The monoisotopic (exact) mass is 407 g/mol. The molecule has 6 nitrogen and oxygen atoms in total. The number of nitrogens with zero attached hydrogens (tertiary/aromatic N) is 1. The van der Waals surface area contributed by atoms with E-state index in [9.17, 15) is 14.4 Å². The zero-order valence-electron chi connectivity index (χ0n) is 17.8. The van der Waals surface area contributed by atoms with Gasteiger partial charge in [0.1, 0.15) is 6.04 Å². The maximum Gasteiger partial charge on any atom is 0.251 e. The zero-order chi connectivity index (χ0) is 21.7. The van der Waals surface area contributed by atoms with Gasteiger partial charge in [0, 0.05) is 37.2 Å². The Balaban J connectivity index is 1.77. The van der Waals surface area contributed by atoms with Crippen LogP contribution in [0.2, 0.25) is 0 Å². The van der Waals surface area contributed by atoms with E-state index in [-0.39, 0.29) is 23.6 Å². The Labute approximate surface area is 177 Å². The fourth-order valence-corrected chi connectivity index (χ4v) is 3.68. The molecule has 0 saturated carbocycles. The first-order valence-corrected chi connectivity index (χ1v) is 10.4. The van der Waals surface area contributed by atoms with Gasteiger partial charge in [-0.1, -0.05) is 38.1 Å². The van der Waals surface area contributed by atoms with E-state index < -0.39 is 6.04 Å². The lowest BCUT2D eigenvalue weighted by atomic mass is 9.92. The maximum absolute atomic E-state index is 13.1. The van der Waals surface area contributed by atoms with Crippen molar-refractivity contribution in [3.8, 4) is 0 Å². The molecule has 1 unspecified atom stereocenters. The van der Waals surface area contributed by atoms with Crippen LogP contribution in [0.4, 0.5) is 5.69 Å². The van der Waals surface area contributed by atoms with Crippen molar-refractivity contribution >= 4 is 23.4 Å². The van der Waals surface area contributed by atoms with Crippen molar-refractivity contribution in [2.24, 2.45) is 5.92 Å². The lowest BCUT2D eigenvalue weighted by Gasteiger charge is -2.36. The Kier molecular flexibility index (Phi) is 6.87. The highest BCUT2D eigenvalue weighted by molar-refractivity contribution is 5.99. The van der Waals surface area contributed by atoms with Crippen molar-refractivity contribution in [3.05, 3.63) is 65.2 Å². The molecule has 1 heterocycles. The molecule has 6 heteroatoms. The average molecular weight is 408 g/mol. The van der Waals surface area contributed by atoms with Gasteiger partial charge in [-0.3, -0.25) is 14.4 Å².